The molecule has 0 radical (unpaired) electrons. The maximum Gasteiger partial charge on any atom is 0.121 e. The molecule has 26 heavy (non-hydrogen) atoms. The molecule has 0 saturated carbocycles. The van der Waals surface area contributed by atoms with Crippen LogP contribution < -0.4 is 4.90 Å². The van der Waals surface area contributed by atoms with Gasteiger partial charge in [0.2, 0.25) is 0 Å². The summed E-state index contributed by atoms with van der Waals surface area (Å²) >= 11 is 12.4. The van der Waals surface area contributed by atoms with Crippen LogP contribution in [0.2, 0.25) is 10.0 Å². The highest BCUT2D eigenvalue weighted by Gasteiger charge is 2.20. The first kappa shape index (κ1) is 18.1. The van der Waals surface area contributed by atoms with Crippen LogP contribution in [0.3, 0.4) is 0 Å². The van der Waals surface area contributed by atoms with E-state index in [1.54, 1.807) is 0 Å². The summed E-state index contributed by atoms with van der Waals surface area (Å²) in [5.74, 6) is 0. The van der Waals surface area contributed by atoms with E-state index in [0.717, 1.165) is 28.4 Å². The van der Waals surface area contributed by atoms with Crippen LogP contribution in [0.4, 0.5) is 0 Å². The molecule has 2 N–H and O–H groups in total. The van der Waals surface area contributed by atoms with Crippen molar-refractivity contribution in [2.45, 2.75) is 38.3 Å². The van der Waals surface area contributed by atoms with Crippen LogP contribution in [0.25, 0.3) is 21.8 Å². The maximum absolute atomic E-state index is 10.8. The van der Waals surface area contributed by atoms with Gasteiger partial charge in [-0.2, -0.15) is 0 Å². The molecular weight excluding hydrogens is 367 g/mol. The number of fused-ring (bicyclic) bond motifs is 3. The van der Waals surface area contributed by atoms with Crippen molar-refractivity contribution in [2.24, 2.45) is 0 Å². The van der Waals surface area contributed by atoms with E-state index in [9.17, 15) is 5.11 Å². The lowest BCUT2D eigenvalue weighted by molar-refractivity contribution is -0.902. The van der Waals surface area contributed by atoms with E-state index in [1.807, 2.05) is 36.4 Å². The van der Waals surface area contributed by atoms with Crippen LogP contribution >= 0.6 is 23.2 Å². The minimum absolute atomic E-state index is 0.367. The van der Waals surface area contributed by atoms with E-state index < -0.39 is 0 Å². The van der Waals surface area contributed by atoms with Gasteiger partial charge in [-0.15, -0.1) is 0 Å². The van der Waals surface area contributed by atoms with Crippen molar-refractivity contribution < 1.29 is 10.0 Å². The summed E-state index contributed by atoms with van der Waals surface area (Å²) < 4.78 is 2.21. The van der Waals surface area contributed by atoms with Gasteiger partial charge in [-0.1, -0.05) is 23.2 Å². The molecule has 1 saturated heterocycles. The molecule has 0 bridgehead atoms. The van der Waals surface area contributed by atoms with E-state index in [1.165, 1.54) is 43.7 Å². The predicted molar refractivity (Wildman–Crippen MR) is 110 cm³/mol. The van der Waals surface area contributed by atoms with Crippen molar-refractivity contribution in [2.75, 3.05) is 19.6 Å². The van der Waals surface area contributed by atoms with E-state index in [4.69, 9.17) is 23.2 Å². The molecule has 138 valence electrons. The molecule has 0 spiro atoms. The van der Waals surface area contributed by atoms with Crippen LogP contribution in [-0.2, 0) is 6.54 Å². The number of likely N-dealkylation sites (tertiary alicyclic amines) is 1. The minimum atomic E-state index is -0.367. The number of aliphatic hydroxyl groups is 1. The Labute approximate surface area is 164 Å². The zero-order valence-electron chi connectivity index (χ0n) is 14.8. The molecule has 0 aliphatic carbocycles. The number of benzene rings is 2. The van der Waals surface area contributed by atoms with Crippen LogP contribution in [0.15, 0.2) is 36.4 Å². The van der Waals surface area contributed by atoms with Crippen molar-refractivity contribution in [3.05, 3.63) is 46.4 Å². The van der Waals surface area contributed by atoms with Gasteiger partial charge in [0.15, 0.2) is 0 Å². The fourth-order valence-electron chi connectivity index (χ4n) is 4.29. The topological polar surface area (TPSA) is 29.6 Å². The Morgan fingerprint density at radius 2 is 1.42 bits per heavy atom. The van der Waals surface area contributed by atoms with Crippen LogP contribution in [0, 0.1) is 0 Å². The van der Waals surface area contributed by atoms with Crippen molar-refractivity contribution >= 4 is 45.0 Å². The third-order valence-corrected chi connectivity index (χ3v) is 5.99. The fraction of sp³-hybridized carbons (Fsp3) is 0.429. The lowest BCUT2D eigenvalue weighted by atomic mass is 10.1. The van der Waals surface area contributed by atoms with E-state index in [2.05, 4.69) is 4.57 Å². The molecule has 1 unspecified atom stereocenters. The summed E-state index contributed by atoms with van der Waals surface area (Å²) in [5, 5.41) is 14.4. The smallest absolute Gasteiger partial charge is 0.121 e. The molecule has 3 aromatic rings. The molecule has 2 aromatic carbocycles. The zero-order chi connectivity index (χ0) is 18.1. The van der Waals surface area contributed by atoms with Crippen molar-refractivity contribution in [1.82, 2.24) is 4.57 Å². The maximum atomic E-state index is 10.8. The number of nitrogens with one attached hydrogen (secondary N) is 1. The Balaban J connectivity index is 1.66. The van der Waals surface area contributed by atoms with Crippen LogP contribution in [0.1, 0.15) is 25.7 Å². The SMILES string of the molecule is OC(Cn1c2ccc(Cl)cc2c2cc(Cl)ccc21)C[NH+]1CCCCCC1. The van der Waals surface area contributed by atoms with Gasteiger partial charge < -0.3 is 14.6 Å². The van der Waals surface area contributed by atoms with Crippen LogP contribution in [0.5, 0.6) is 0 Å². The van der Waals surface area contributed by atoms with Crippen molar-refractivity contribution in [1.29, 1.82) is 0 Å². The number of nitrogens with zero attached hydrogens (tertiary/aromatic N) is 1. The normalized spacial score (nSPS) is 17.7. The third kappa shape index (κ3) is 3.72. The Hall–Kier alpha value is -1.26. The summed E-state index contributed by atoms with van der Waals surface area (Å²) in [7, 11) is 0. The van der Waals surface area contributed by atoms with Crippen molar-refractivity contribution in [3.63, 3.8) is 0 Å². The molecule has 1 fully saturated rings. The first-order valence-corrected chi connectivity index (χ1v) is 10.3. The zero-order valence-corrected chi connectivity index (χ0v) is 16.4. The summed E-state index contributed by atoms with van der Waals surface area (Å²) in [5.41, 5.74) is 2.19. The van der Waals surface area contributed by atoms with Gasteiger partial charge in [0.25, 0.3) is 0 Å². The summed E-state index contributed by atoms with van der Waals surface area (Å²) in [6.45, 7) is 3.75. The highest BCUT2D eigenvalue weighted by Crippen LogP contribution is 2.32. The van der Waals surface area contributed by atoms with Gasteiger partial charge in [-0.25, -0.2) is 0 Å². The minimum Gasteiger partial charge on any atom is -0.385 e. The molecule has 5 heteroatoms. The number of hydrogen-bond donors (Lipinski definition) is 2. The second-order valence-electron chi connectivity index (χ2n) is 7.46. The summed E-state index contributed by atoms with van der Waals surface area (Å²) in [6, 6.07) is 11.9. The molecule has 1 aliphatic rings. The average molecular weight is 392 g/mol. The molecule has 1 aromatic heterocycles. The van der Waals surface area contributed by atoms with Crippen molar-refractivity contribution in [3.8, 4) is 0 Å². The number of hydrogen-bond acceptors (Lipinski definition) is 1. The Kier molecular flexibility index (Phi) is 5.42. The number of quaternary nitrogens is 1. The predicted octanol–water partition coefficient (Wildman–Crippen LogP) is 3.92. The first-order chi connectivity index (χ1) is 12.6. The highest BCUT2D eigenvalue weighted by molar-refractivity contribution is 6.33. The van der Waals surface area contributed by atoms with Gasteiger partial charge in [0.05, 0.1) is 19.6 Å². The quantitative estimate of drug-likeness (QED) is 0.693. The Morgan fingerprint density at radius 1 is 0.885 bits per heavy atom. The largest absolute Gasteiger partial charge is 0.385 e. The molecule has 0 amide bonds. The van der Waals surface area contributed by atoms with E-state index >= 15 is 0 Å². The lowest BCUT2D eigenvalue weighted by Crippen LogP contribution is -3.13. The average Bonchev–Trinajstić information content (AvgIpc) is 2.77. The van der Waals surface area contributed by atoms with Gasteiger partial charge in [0.1, 0.15) is 12.6 Å². The molecule has 1 atom stereocenters. The first-order valence-electron chi connectivity index (χ1n) is 9.50. The Morgan fingerprint density at radius 3 is 1.96 bits per heavy atom. The second-order valence-corrected chi connectivity index (χ2v) is 8.33. The lowest BCUT2D eigenvalue weighted by Gasteiger charge is -2.21. The van der Waals surface area contributed by atoms with E-state index in [-0.39, 0.29) is 6.10 Å². The van der Waals surface area contributed by atoms with Gasteiger partial charge in [-0.05, 0) is 62.1 Å². The third-order valence-electron chi connectivity index (χ3n) is 5.52. The Bertz CT molecular complexity index is 854. The fourth-order valence-corrected chi connectivity index (χ4v) is 4.63. The number of rotatable bonds is 4. The van der Waals surface area contributed by atoms with Gasteiger partial charge in [-0.3, -0.25) is 0 Å². The second kappa shape index (κ2) is 7.77. The number of aromatic nitrogens is 1. The molecule has 4 rings (SSSR count). The molecule has 2 heterocycles. The molecular formula is C21H25Cl2N2O+. The van der Waals surface area contributed by atoms with Crippen LogP contribution in [-0.4, -0.2) is 35.4 Å². The summed E-state index contributed by atoms with van der Waals surface area (Å²) in [4.78, 5) is 1.53. The summed E-state index contributed by atoms with van der Waals surface area (Å²) in [6.07, 6.45) is 4.83. The van der Waals surface area contributed by atoms with Gasteiger partial charge in [0, 0.05) is 31.9 Å². The number of aliphatic hydroxyl groups excluding tert-OH is 1. The van der Waals surface area contributed by atoms with Gasteiger partial charge >= 0.3 is 0 Å². The monoisotopic (exact) mass is 391 g/mol. The number of halogens is 2. The standard InChI is InChI=1S/C21H24Cl2N2O/c22-15-5-7-20-18(11-15)19-12-16(23)6-8-21(19)25(20)14-17(26)13-24-9-3-1-2-4-10-24/h5-8,11-12,17,26H,1-4,9-10,13-14H2/p+1. The molecule has 1 aliphatic heterocycles. The molecule has 3 nitrogen and oxygen atoms in total. The van der Waals surface area contributed by atoms with E-state index in [0.29, 0.717) is 16.6 Å². The highest BCUT2D eigenvalue weighted by atomic mass is 35.5.